The summed E-state index contributed by atoms with van der Waals surface area (Å²) in [5.74, 6) is 0.637. The van der Waals surface area contributed by atoms with Gasteiger partial charge in [0.25, 0.3) is 5.91 Å². The van der Waals surface area contributed by atoms with E-state index in [2.05, 4.69) is 22.4 Å². The molecule has 1 aromatic heterocycles. The number of benzene rings is 2. The summed E-state index contributed by atoms with van der Waals surface area (Å²) in [5, 5.41) is 3.83. The zero-order chi connectivity index (χ0) is 19.5. The number of nitrogens with zero attached hydrogens (tertiary/aromatic N) is 2. The van der Waals surface area contributed by atoms with Crippen LogP contribution in [0, 0.1) is 0 Å². The van der Waals surface area contributed by atoms with Crippen molar-refractivity contribution in [2.75, 3.05) is 19.0 Å². The number of carbonyl (C=O) groups is 1. The van der Waals surface area contributed by atoms with E-state index in [1.54, 1.807) is 43.8 Å². The fraction of sp³-hybridized carbons (Fsp3) is 0.182. The van der Waals surface area contributed by atoms with Gasteiger partial charge >= 0.3 is 0 Å². The Balaban J connectivity index is 1.54. The Morgan fingerprint density at radius 2 is 1.96 bits per heavy atom. The first-order valence-electron chi connectivity index (χ1n) is 9.06. The number of aromatic nitrogens is 1. The largest absolute Gasteiger partial charge is 0.495 e. The molecule has 1 aliphatic heterocycles. The molecule has 0 fully saturated rings. The summed E-state index contributed by atoms with van der Waals surface area (Å²) in [6.07, 6.45) is 4.14. The molecule has 0 atom stereocenters. The van der Waals surface area contributed by atoms with Crippen LogP contribution < -0.4 is 10.1 Å². The maximum Gasteiger partial charge on any atom is 0.255 e. The van der Waals surface area contributed by atoms with Crippen LogP contribution in [-0.4, -0.2) is 29.4 Å². The van der Waals surface area contributed by atoms with Crippen molar-refractivity contribution >= 4 is 28.9 Å². The van der Waals surface area contributed by atoms with E-state index in [1.165, 1.54) is 11.1 Å². The molecule has 1 amide bonds. The van der Waals surface area contributed by atoms with Crippen LogP contribution in [0.3, 0.4) is 0 Å². The lowest BCUT2D eigenvalue weighted by atomic mass is 9.99. The van der Waals surface area contributed by atoms with E-state index >= 15 is 0 Å². The Hall–Kier alpha value is -3.05. The molecule has 0 saturated carbocycles. The van der Waals surface area contributed by atoms with Crippen molar-refractivity contribution < 1.29 is 9.53 Å². The molecule has 5 nitrogen and oxygen atoms in total. The molecule has 0 radical (unpaired) electrons. The van der Waals surface area contributed by atoms with Crippen LogP contribution in [0.1, 0.15) is 21.5 Å². The molecule has 6 heteroatoms. The average molecular weight is 394 g/mol. The minimum absolute atomic E-state index is 0.0243. The summed E-state index contributed by atoms with van der Waals surface area (Å²) in [6.45, 7) is 1.32. The fourth-order valence-electron chi connectivity index (χ4n) is 3.41. The Labute approximate surface area is 168 Å². The lowest BCUT2D eigenvalue weighted by Crippen LogP contribution is -2.36. The van der Waals surface area contributed by atoms with E-state index in [9.17, 15) is 4.79 Å². The molecule has 2 heterocycles. The number of ether oxygens (including phenoxy) is 1. The molecule has 0 bridgehead atoms. The van der Waals surface area contributed by atoms with Gasteiger partial charge < -0.3 is 15.0 Å². The maximum absolute atomic E-state index is 13.0. The zero-order valence-corrected chi connectivity index (χ0v) is 16.2. The van der Waals surface area contributed by atoms with Gasteiger partial charge in [-0.2, -0.15) is 0 Å². The highest BCUT2D eigenvalue weighted by Gasteiger charge is 2.22. The third kappa shape index (κ3) is 3.80. The first-order chi connectivity index (χ1) is 13.6. The van der Waals surface area contributed by atoms with Crippen LogP contribution >= 0.6 is 11.6 Å². The van der Waals surface area contributed by atoms with Gasteiger partial charge in [0, 0.05) is 24.3 Å². The molecule has 1 aliphatic rings. The first-order valence-corrected chi connectivity index (χ1v) is 9.43. The number of nitrogens with one attached hydrogen (secondary N) is 1. The number of rotatable bonds is 4. The van der Waals surface area contributed by atoms with Crippen molar-refractivity contribution in [3.8, 4) is 5.75 Å². The van der Waals surface area contributed by atoms with E-state index < -0.39 is 0 Å². The molecular weight excluding hydrogens is 374 g/mol. The number of pyridine rings is 1. The molecule has 0 unspecified atom stereocenters. The molecule has 142 valence electrons. The SMILES string of the molecule is COc1ccc(Cl)cc1Nc1cncc(C(=O)N2CCc3ccccc3C2)c1. The number of halogens is 1. The normalized spacial score (nSPS) is 13.0. The maximum atomic E-state index is 13.0. The smallest absolute Gasteiger partial charge is 0.255 e. The van der Waals surface area contributed by atoms with Gasteiger partial charge in [0.2, 0.25) is 0 Å². The lowest BCUT2D eigenvalue weighted by molar-refractivity contribution is 0.0734. The number of hydrogen-bond donors (Lipinski definition) is 1. The van der Waals surface area contributed by atoms with Crippen molar-refractivity contribution in [1.29, 1.82) is 0 Å². The van der Waals surface area contributed by atoms with Crippen molar-refractivity contribution in [2.45, 2.75) is 13.0 Å². The number of fused-ring (bicyclic) bond motifs is 1. The van der Waals surface area contributed by atoms with Crippen LogP contribution in [-0.2, 0) is 13.0 Å². The molecule has 3 aromatic rings. The van der Waals surface area contributed by atoms with Gasteiger partial charge in [-0.25, -0.2) is 0 Å². The summed E-state index contributed by atoms with van der Waals surface area (Å²) in [6, 6.07) is 15.4. The standard InChI is InChI=1S/C22H20ClN3O2/c1-28-21-7-6-18(23)11-20(21)25-19-10-17(12-24-13-19)22(27)26-9-8-15-4-2-3-5-16(15)14-26/h2-7,10-13,25H,8-9,14H2,1H3. The minimum Gasteiger partial charge on any atom is -0.495 e. The van der Waals surface area contributed by atoms with Gasteiger partial charge in [0.05, 0.1) is 30.2 Å². The molecule has 0 aliphatic carbocycles. The summed E-state index contributed by atoms with van der Waals surface area (Å²) in [5.41, 5.74) is 4.48. The van der Waals surface area contributed by atoms with Gasteiger partial charge in [0.15, 0.2) is 0 Å². The second kappa shape index (κ2) is 7.90. The van der Waals surface area contributed by atoms with Gasteiger partial charge in [-0.15, -0.1) is 0 Å². The highest BCUT2D eigenvalue weighted by molar-refractivity contribution is 6.31. The Bertz CT molecular complexity index is 1020. The highest BCUT2D eigenvalue weighted by atomic mass is 35.5. The Kier molecular flexibility index (Phi) is 5.17. The van der Waals surface area contributed by atoms with Gasteiger partial charge in [-0.05, 0) is 41.8 Å². The van der Waals surface area contributed by atoms with Crippen molar-refractivity contribution in [3.63, 3.8) is 0 Å². The van der Waals surface area contributed by atoms with Crippen LogP contribution in [0.25, 0.3) is 0 Å². The lowest BCUT2D eigenvalue weighted by Gasteiger charge is -2.29. The molecule has 1 N–H and O–H groups in total. The van der Waals surface area contributed by atoms with Crippen molar-refractivity contribution in [1.82, 2.24) is 9.88 Å². The van der Waals surface area contributed by atoms with Crippen LogP contribution in [0.2, 0.25) is 5.02 Å². The average Bonchev–Trinajstić information content (AvgIpc) is 2.73. The second-order valence-electron chi connectivity index (χ2n) is 6.68. The highest BCUT2D eigenvalue weighted by Crippen LogP contribution is 2.30. The number of methoxy groups -OCH3 is 1. The number of amides is 1. The molecule has 28 heavy (non-hydrogen) atoms. The molecule has 4 rings (SSSR count). The molecule has 2 aromatic carbocycles. The van der Waals surface area contributed by atoms with E-state index in [1.807, 2.05) is 17.0 Å². The Morgan fingerprint density at radius 3 is 2.79 bits per heavy atom. The van der Waals surface area contributed by atoms with E-state index in [-0.39, 0.29) is 5.91 Å². The number of carbonyl (C=O) groups excluding carboxylic acids is 1. The monoisotopic (exact) mass is 393 g/mol. The van der Waals surface area contributed by atoms with Crippen molar-refractivity contribution in [3.05, 3.63) is 82.6 Å². The van der Waals surface area contributed by atoms with E-state index in [4.69, 9.17) is 16.3 Å². The van der Waals surface area contributed by atoms with Crippen LogP contribution in [0.5, 0.6) is 5.75 Å². The third-order valence-electron chi connectivity index (χ3n) is 4.84. The van der Waals surface area contributed by atoms with Gasteiger partial charge in [-0.3, -0.25) is 9.78 Å². The number of hydrogen-bond acceptors (Lipinski definition) is 4. The van der Waals surface area contributed by atoms with Crippen LogP contribution in [0.15, 0.2) is 60.9 Å². The summed E-state index contributed by atoms with van der Waals surface area (Å²) >= 11 is 6.09. The first kappa shape index (κ1) is 18.3. The van der Waals surface area contributed by atoms with Crippen LogP contribution in [0.4, 0.5) is 11.4 Å². The summed E-state index contributed by atoms with van der Waals surface area (Å²) < 4.78 is 5.36. The molecular formula is C22H20ClN3O2. The predicted molar refractivity (Wildman–Crippen MR) is 110 cm³/mol. The summed E-state index contributed by atoms with van der Waals surface area (Å²) in [7, 11) is 1.60. The predicted octanol–water partition coefficient (Wildman–Crippen LogP) is 4.69. The summed E-state index contributed by atoms with van der Waals surface area (Å²) in [4.78, 5) is 19.1. The van der Waals surface area contributed by atoms with Crippen molar-refractivity contribution in [2.24, 2.45) is 0 Å². The van der Waals surface area contributed by atoms with E-state index in [0.29, 0.717) is 40.8 Å². The molecule has 0 spiro atoms. The van der Waals surface area contributed by atoms with Gasteiger partial charge in [-0.1, -0.05) is 35.9 Å². The quantitative estimate of drug-likeness (QED) is 0.698. The second-order valence-corrected chi connectivity index (χ2v) is 7.11. The fourth-order valence-corrected chi connectivity index (χ4v) is 3.58. The topological polar surface area (TPSA) is 54.5 Å². The number of anilines is 2. The molecule has 0 saturated heterocycles. The van der Waals surface area contributed by atoms with Gasteiger partial charge in [0.1, 0.15) is 5.75 Å². The zero-order valence-electron chi connectivity index (χ0n) is 15.5. The Morgan fingerprint density at radius 1 is 1.14 bits per heavy atom. The van der Waals surface area contributed by atoms with E-state index in [0.717, 1.165) is 6.42 Å². The third-order valence-corrected chi connectivity index (χ3v) is 5.08. The minimum atomic E-state index is -0.0243.